The number of hydrogen-bond donors (Lipinski definition) is 0. The Morgan fingerprint density at radius 1 is 1.04 bits per heavy atom. The van der Waals surface area contributed by atoms with Crippen LogP contribution in [0.1, 0.15) is 56.8 Å². The zero-order valence-electron chi connectivity index (χ0n) is 16.0. The fraction of sp³-hybridized carbons (Fsp3) is 0.476. The summed E-state index contributed by atoms with van der Waals surface area (Å²) in [6, 6.07) is 5.08. The molecule has 2 rings (SSSR count). The molecular formula is C21H27ClN2O3. The first-order chi connectivity index (χ1) is 13.0. The van der Waals surface area contributed by atoms with E-state index in [1.807, 2.05) is 19.3 Å². The first-order valence-electron chi connectivity index (χ1n) is 9.43. The number of unbranched alkanes of at least 4 members (excludes halogenated alkanes) is 5. The van der Waals surface area contributed by atoms with Crippen LogP contribution in [-0.2, 0) is 11.2 Å². The van der Waals surface area contributed by atoms with E-state index in [9.17, 15) is 4.79 Å². The summed E-state index contributed by atoms with van der Waals surface area (Å²) in [6.07, 6.45) is 11.6. The van der Waals surface area contributed by atoms with Crippen LogP contribution in [-0.4, -0.2) is 22.5 Å². The monoisotopic (exact) mass is 390 g/mol. The predicted molar refractivity (Wildman–Crippen MR) is 106 cm³/mol. The molecular weight excluding hydrogens is 364 g/mol. The zero-order valence-corrected chi connectivity index (χ0v) is 16.8. The van der Waals surface area contributed by atoms with E-state index in [2.05, 4.69) is 9.97 Å². The van der Waals surface area contributed by atoms with Crippen LogP contribution in [0.3, 0.4) is 0 Å². The van der Waals surface area contributed by atoms with Crippen LogP contribution < -0.4 is 9.47 Å². The minimum atomic E-state index is -0.392. The summed E-state index contributed by atoms with van der Waals surface area (Å²) < 4.78 is 10.7. The second-order valence-electron chi connectivity index (χ2n) is 6.58. The van der Waals surface area contributed by atoms with Gasteiger partial charge in [0.25, 0.3) is 0 Å². The molecule has 27 heavy (non-hydrogen) atoms. The fourth-order valence-corrected chi connectivity index (χ4v) is 2.85. The van der Waals surface area contributed by atoms with Crippen LogP contribution in [0, 0.1) is 6.92 Å². The van der Waals surface area contributed by atoms with Crippen LogP contribution in [0.15, 0.2) is 30.6 Å². The van der Waals surface area contributed by atoms with Gasteiger partial charge in [0.2, 0.25) is 0 Å². The van der Waals surface area contributed by atoms with Crippen LogP contribution >= 0.6 is 11.6 Å². The lowest BCUT2D eigenvalue weighted by Crippen LogP contribution is -2.02. The quantitative estimate of drug-likeness (QED) is 0.295. The second-order valence-corrected chi connectivity index (χ2v) is 6.99. The van der Waals surface area contributed by atoms with E-state index in [4.69, 9.17) is 21.1 Å². The van der Waals surface area contributed by atoms with Crippen molar-refractivity contribution in [3.8, 4) is 11.5 Å². The Labute approximate surface area is 166 Å². The van der Waals surface area contributed by atoms with E-state index >= 15 is 0 Å². The van der Waals surface area contributed by atoms with Crippen molar-refractivity contribution in [1.29, 1.82) is 0 Å². The maximum Gasteiger partial charge on any atom is 0.308 e. The van der Waals surface area contributed by atoms with Gasteiger partial charge in [0.05, 0.1) is 11.6 Å². The molecule has 0 aliphatic carbocycles. The zero-order chi connectivity index (χ0) is 19.5. The molecule has 0 unspecified atom stereocenters. The van der Waals surface area contributed by atoms with Crippen molar-refractivity contribution in [1.82, 2.24) is 9.97 Å². The predicted octanol–water partition coefficient (Wildman–Crippen LogP) is 5.33. The largest absolute Gasteiger partial charge is 0.494 e. The molecule has 0 N–H and O–H groups in total. The minimum Gasteiger partial charge on any atom is -0.494 e. The third-order valence-corrected chi connectivity index (χ3v) is 4.35. The number of aryl methyl sites for hydroxylation is 2. The smallest absolute Gasteiger partial charge is 0.308 e. The molecule has 5 nitrogen and oxygen atoms in total. The number of nitrogens with zero attached hydrogens (tertiary/aromatic N) is 2. The van der Waals surface area contributed by atoms with Gasteiger partial charge in [-0.25, -0.2) is 9.97 Å². The fourth-order valence-electron chi connectivity index (χ4n) is 2.64. The molecule has 146 valence electrons. The molecule has 0 radical (unpaired) electrons. The lowest BCUT2D eigenvalue weighted by molar-refractivity contribution is -0.131. The normalized spacial score (nSPS) is 10.6. The topological polar surface area (TPSA) is 61.3 Å². The van der Waals surface area contributed by atoms with E-state index in [0.29, 0.717) is 23.1 Å². The third kappa shape index (κ3) is 8.39. The van der Waals surface area contributed by atoms with Gasteiger partial charge in [-0.15, -0.1) is 0 Å². The van der Waals surface area contributed by atoms with Crippen molar-refractivity contribution >= 4 is 17.6 Å². The summed E-state index contributed by atoms with van der Waals surface area (Å²) in [5.41, 5.74) is 1.10. The van der Waals surface area contributed by atoms with Crippen LogP contribution in [0.4, 0.5) is 0 Å². The number of halogens is 1. The van der Waals surface area contributed by atoms with Crippen LogP contribution in [0.2, 0.25) is 5.02 Å². The summed E-state index contributed by atoms with van der Waals surface area (Å²) in [5.74, 6) is 1.59. The van der Waals surface area contributed by atoms with Crippen molar-refractivity contribution < 1.29 is 14.3 Å². The molecule has 6 heteroatoms. The molecule has 0 amide bonds. The first kappa shape index (κ1) is 21.2. The molecule has 0 aliphatic heterocycles. The number of benzene rings is 1. The number of rotatable bonds is 11. The van der Waals surface area contributed by atoms with Gasteiger partial charge in [-0.1, -0.05) is 37.3 Å². The number of ether oxygens (including phenoxy) is 2. The van der Waals surface area contributed by atoms with Gasteiger partial charge in [0.15, 0.2) is 0 Å². The highest BCUT2D eigenvalue weighted by molar-refractivity contribution is 6.32. The molecule has 0 saturated carbocycles. The summed E-state index contributed by atoms with van der Waals surface area (Å²) in [7, 11) is 0. The summed E-state index contributed by atoms with van der Waals surface area (Å²) >= 11 is 6.07. The van der Waals surface area contributed by atoms with Gasteiger partial charge < -0.3 is 9.47 Å². The maximum absolute atomic E-state index is 11.0. The highest BCUT2D eigenvalue weighted by atomic mass is 35.5. The Hall–Kier alpha value is -2.14. The van der Waals surface area contributed by atoms with Gasteiger partial charge in [0, 0.05) is 31.8 Å². The number of carbonyl (C=O) groups excluding carboxylic acids is 1. The van der Waals surface area contributed by atoms with Crippen molar-refractivity contribution in [2.45, 2.75) is 58.8 Å². The van der Waals surface area contributed by atoms with E-state index in [1.54, 1.807) is 18.2 Å². The Kier molecular flexibility index (Phi) is 9.05. The van der Waals surface area contributed by atoms with Gasteiger partial charge in [-0.05, 0) is 37.5 Å². The number of esters is 1. The maximum atomic E-state index is 11.0. The lowest BCUT2D eigenvalue weighted by Gasteiger charge is -2.09. The Morgan fingerprint density at radius 3 is 2.37 bits per heavy atom. The molecule has 0 fully saturated rings. The van der Waals surface area contributed by atoms with Gasteiger partial charge in [-0.2, -0.15) is 0 Å². The van der Waals surface area contributed by atoms with Crippen molar-refractivity contribution in [2.75, 3.05) is 6.61 Å². The highest BCUT2D eigenvalue weighted by Gasteiger charge is 2.06. The second kappa shape index (κ2) is 11.5. The number of carbonyl (C=O) groups is 1. The molecule has 0 saturated heterocycles. The van der Waals surface area contributed by atoms with Gasteiger partial charge >= 0.3 is 5.97 Å². The van der Waals surface area contributed by atoms with Gasteiger partial charge in [-0.3, -0.25) is 4.79 Å². The van der Waals surface area contributed by atoms with Crippen molar-refractivity contribution in [2.24, 2.45) is 0 Å². The molecule has 0 spiro atoms. The van der Waals surface area contributed by atoms with E-state index < -0.39 is 5.97 Å². The SMILES string of the molecule is CC(=O)Oc1ccc(OCCCCCCCCc2ncc(C)cn2)cc1Cl. The third-order valence-electron chi connectivity index (χ3n) is 4.05. The average molecular weight is 391 g/mol. The first-order valence-corrected chi connectivity index (χ1v) is 9.80. The molecule has 0 atom stereocenters. The molecule has 0 aliphatic rings. The van der Waals surface area contributed by atoms with Crippen LogP contribution in [0.25, 0.3) is 0 Å². The Bertz CT molecular complexity index is 720. The van der Waals surface area contributed by atoms with Crippen LogP contribution in [0.5, 0.6) is 11.5 Å². The van der Waals surface area contributed by atoms with E-state index in [-0.39, 0.29) is 0 Å². The average Bonchev–Trinajstić information content (AvgIpc) is 2.63. The molecule has 2 aromatic rings. The summed E-state index contributed by atoms with van der Waals surface area (Å²) in [5, 5.41) is 0.375. The summed E-state index contributed by atoms with van der Waals surface area (Å²) in [4.78, 5) is 19.6. The standard InChI is InChI=1S/C21H27ClN2O3/c1-16-14-23-21(24-15-16)9-7-5-3-4-6-8-12-26-18-10-11-20(19(22)13-18)27-17(2)25/h10-11,13-15H,3-9,12H2,1-2H3. The van der Waals surface area contributed by atoms with E-state index in [1.165, 1.54) is 26.2 Å². The van der Waals surface area contributed by atoms with Gasteiger partial charge in [0.1, 0.15) is 17.3 Å². The highest BCUT2D eigenvalue weighted by Crippen LogP contribution is 2.29. The Morgan fingerprint density at radius 2 is 1.70 bits per heavy atom. The lowest BCUT2D eigenvalue weighted by atomic mass is 10.1. The van der Waals surface area contributed by atoms with E-state index in [0.717, 1.165) is 37.1 Å². The minimum absolute atomic E-state index is 0.354. The van der Waals surface area contributed by atoms with Crippen molar-refractivity contribution in [3.63, 3.8) is 0 Å². The molecule has 1 aromatic heterocycles. The molecule has 1 aromatic carbocycles. The number of hydrogen-bond acceptors (Lipinski definition) is 5. The Balaban J connectivity index is 1.51. The number of aromatic nitrogens is 2. The van der Waals surface area contributed by atoms with Crippen molar-refractivity contribution in [3.05, 3.63) is 47.0 Å². The summed E-state index contributed by atoms with van der Waals surface area (Å²) in [6.45, 7) is 4.00. The molecule has 1 heterocycles. The molecule has 0 bridgehead atoms.